The van der Waals surface area contributed by atoms with Crippen LogP contribution in [0, 0.1) is 18.8 Å². The lowest BCUT2D eigenvalue weighted by Crippen LogP contribution is -2.29. The fraction of sp³-hybridized carbons (Fsp3) is 0.222. The topological polar surface area (TPSA) is 48.0 Å². The molecule has 5 nitrogen and oxygen atoms in total. The molecule has 0 N–H and O–H groups in total. The minimum Gasteiger partial charge on any atom is -0.493 e. The molecule has 0 aliphatic heterocycles. The number of hydrogen-bond acceptors (Lipinski definition) is 4. The molecule has 0 aromatic heterocycles. The van der Waals surface area contributed by atoms with E-state index in [4.69, 9.17) is 14.2 Å². The van der Waals surface area contributed by atoms with Crippen LogP contribution in [0.1, 0.15) is 22.3 Å². The molecule has 0 aliphatic carbocycles. The molecule has 0 saturated carbocycles. The number of carbonyl (C=O) groups excluding carboxylic acids is 1. The molecule has 0 heterocycles. The van der Waals surface area contributed by atoms with Crippen LogP contribution in [0.2, 0.25) is 0 Å². The normalized spacial score (nSPS) is 10.1. The van der Waals surface area contributed by atoms with Gasteiger partial charge in [-0.2, -0.15) is 0 Å². The van der Waals surface area contributed by atoms with Crippen molar-refractivity contribution in [2.45, 2.75) is 20.0 Å². The van der Waals surface area contributed by atoms with E-state index in [1.54, 1.807) is 26.2 Å². The highest BCUT2D eigenvalue weighted by atomic mass is 79.9. The van der Waals surface area contributed by atoms with Crippen molar-refractivity contribution in [3.05, 3.63) is 87.4 Å². The number of aryl methyl sites for hydroxylation is 1. The zero-order chi connectivity index (χ0) is 23.8. The Hall–Kier alpha value is -3.43. The number of nitrogens with zero attached hydrogens (tertiary/aromatic N) is 1. The zero-order valence-corrected chi connectivity index (χ0v) is 20.7. The molecule has 0 atom stereocenters. The van der Waals surface area contributed by atoms with E-state index in [0.717, 1.165) is 22.3 Å². The predicted molar refractivity (Wildman–Crippen MR) is 133 cm³/mol. The van der Waals surface area contributed by atoms with Gasteiger partial charge in [-0.3, -0.25) is 4.79 Å². The van der Waals surface area contributed by atoms with Crippen LogP contribution >= 0.6 is 15.9 Å². The maximum absolute atomic E-state index is 13.2. The summed E-state index contributed by atoms with van der Waals surface area (Å²) in [5, 5.41) is 0. The molecular weight excluding hydrogens is 482 g/mol. The third-order valence-corrected chi connectivity index (χ3v) is 5.94. The first-order chi connectivity index (χ1) is 16.0. The highest BCUT2D eigenvalue weighted by Gasteiger charge is 2.22. The Balaban J connectivity index is 1.97. The van der Waals surface area contributed by atoms with Gasteiger partial charge in [-0.1, -0.05) is 53.9 Å². The highest BCUT2D eigenvalue weighted by Crippen LogP contribution is 2.45. The first-order valence-electron chi connectivity index (χ1n) is 10.4. The predicted octanol–water partition coefficient (Wildman–Crippen LogP) is 5.36. The summed E-state index contributed by atoms with van der Waals surface area (Å²) >= 11 is 3.61. The van der Waals surface area contributed by atoms with Crippen molar-refractivity contribution in [1.29, 1.82) is 0 Å². The van der Waals surface area contributed by atoms with E-state index in [2.05, 4.69) is 27.8 Å². The SMILES string of the molecule is COc1cc(CN(Cc2ccccc2)C(=O)C#Cc2ccc(C)cc2)c(Br)c(OC)c1OC. The Bertz CT molecular complexity index is 1160. The Morgan fingerprint density at radius 2 is 1.58 bits per heavy atom. The van der Waals surface area contributed by atoms with Crippen LogP contribution < -0.4 is 14.2 Å². The van der Waals surface area contributed by atoms with E-state index in [0.29, 0.717) is 34.8 Å². The Morgan fingerprint density at radius 1 is 0.909 bits per heavy atom. The van der Waals surface area contributed by atoms with Gasteiger partial charge in [0.2, 0.25) is 5.75 Å². The van der Waals surface area contributed by atoms with Crippen LogP contribution in [0.3, 0.4) is 0 Å². The van der Waals surface area contributed by atoms with E-state index in [-0.39, 0.29) is 5.91 Å². The summed E-state index contributed by atoms with van der Waals surface area (Å²) in [6, 6.07) is 19.4. The lowest BCUT2D eigenvalue weighted by atomic mass is 10.1. The van der Waals surface area contributed by atoms with Crippen molar-refractivity contribution in [2.75, 3.05) is 21.3 Å². The van der Waals surface area contributed by atoms with E-state index in [1.165, 1.54) is 0 Å². The van der Waals surface area contributed by atoms with Gasteiger partial charge < -0.3 is 19.1 Å². The highest BCUT2D eigenvalue weighted by molar-refractivity contribution is 9.10. The van der Waals surface area contributed by atoms with Crippen LogP contribution in [0.15, 0.2) is 65.1 Å². The van der Waals surface area contributed by atoms with Crippen LogP contribution in [0.25, 0.3) is 0 Å². The first-order valence-corrected chi connectivity index (χ1v) is 11.1. The molecular formula is C27H26BrNO4. The number of carbonyl (C=O) groups is 1. The zero-order valence-electron chi connectivity index (χ0n) is 19.1. The van der Waals surface area contributed by atoms with Crippen LogP contribution in [-0.4, -0.2) is 32.1 Å². The number of methoxy groups -OCH3 is 3. The van der Waals surface area contributed by atoms with Crippen molar-refractivity contribution in [3.63, 3.8) is 0 Å². The van der Waals surface area contributed by atoms with Gasteiger partial charge in [0.15, 0.2) is 11.5 Å². The van der Waals surface area contributed by atoms with Gasteiger partial charge in [0, 0.05) is 24.6 Å². The third kappa shape index (κ3) is 6.09. The van der Waals surface area contributed by atoms with Crippen molar-refractivity contribution < 1.29 is 19.0 Å². The monoisotopic (exact) mass is 507 g/mol. The smallest absolute Gasteiger partial charge is 0.299 e. The minimum absolute atomic E-state index is 0.278. The molecule has 0 bridgehead atoms. The average Bonchev–Trinajstić information content (AvgIpc) is 2.84. The molecule has 1 amide bonds. The maximum atomic E-state index is 13.2. The van der Waals surface area contributed by atoms with E-state index >= 15 is 0 Å². The quantitative estimate of drug-likeness (QED) is 0.403. The van der Waals surface area contributed by atoms with Crippen LogP contribution in [-0.2, 0) is 17.9 Å². The number of ether oxygens (including phenoxy) is 3. The largest absolute Gasteiger partial charge is 0.493 e. The third-order valence-electron chi connectivity index (χ3n) is 5.07. The van der Waals surface area contributed by atoms with Crippen molar-refractivity contribution in [2.24, 2.45) is 0 Å². The van der Waals surface area contributed by atoms with E-state index in [9.17, 15) is 4.79 Å². The molecule has 3 aromatic rings. The molecule has 0 fully saturated rings. The Kier molecular flexibility index (Phi) is 8.39. The second-order valence-electron chi connectivity index (χ2n) is 7.38. The second-order valence-corrected chi connectivity index (χ2v) is 8.17. The Morgan fingerprint density at radius 3 is 2.18 bits per heavy atom. The van der Waals surface area contributed by atoms with Gasteiger partial charge in [0.25, 0.3) is 5.91 Å². The fourth-order valence-electron chi connectivity index (χ4n) is 3.34. The van der Waals surface area contributed by atoms with Gasteiger partial charge in [-0.15, -0.1) is 0 Å². The number of halogens is 1. The molecule has 3 rings (SSSR count). The van der Waals surface area contributed by atoms with Crippen LogP contribution in [0.4, 0.5) is 0 Å². The number of rotatable bonds is 7. The molecule has 6 heteroatoms. The molecule has 0 saturated heterocycles. The van der Waals surface area contributed by atoms with Gasteiger partial charge in [-0.25, -0.2) is 0 Å². The van der Waals surface area contributed by atoms with Gasteiger partial charge in [-0.05, 0) is 52.2 Å². The standard InChI is InChI=1S/C27H26BrNO4/c1-19-10-12-20(13-11-19)14-15-24(30)29(17-21-8-6-5-7-9-21)18-22-16-23(31-2)26(32-3)27(33-4)25(22)28/h5-13,16H,17-18H2,1-4H3. The van der Waals surface area contributed by atoms with E-state index < -0.39 is 0 Å². The summed E-state index contributed by atoms with van der Waals surface area (Å²) < 4.78 is 17.2. The average molecular weight is 508 g/mol. The molecule has 0 aliphatic rings. The maximum Gasteiger partial charge on any atom is 0.299 e. The van der Waals surface area contributed by atoms with Crippen molar-refractivity contribution in [1.82, 2.24) is 4.90 Å². The molecule has 33 heavy (non-hydrogen) atoms. The number of amides is 1. The van der Waals surface area contributed by atoms with E-state index in [1.807, 2.05) is 67.6 Å². The summed E-state index contributed by atoms with van der Waals surface area (Å²) in [5.74, 6) is 7.00. The number of hydrogen-bond donors (Lipinski definition) is 0. The van der Waals surface area contributed by atoms with Gasteiger partial charge >= 0.3 is 0 Å². The minimum atomic E-state index is -0.278. The Labute approximate surface area is 203 Å². The summed E-state index contributed by atoms with van der Waals surface area (Å²) in [6.07, 6.45) is 0. The summed E-state index contributed by atoms with van der Waals surface area (Å²) in [4.78, 5) is 14.9. The molecule has 0 spiro atoms. The van der Waals surface area contributed by atoms with Gasteiger partial charge in [0.05, 0.1) is 25.8 Å². The molecule has 3 aromatic carbocycles. The lowest BCUT2D eigenvalue weighted by molar-refractivity contribution is -0.126. The van der Waals surface area contributed by atoms with Crippen molar-refractivity contribution in [3.8, 4) is 29.1 Å². The first kappa shape index (κ1) is 24.2. The van der Waals surface area contributed by atoms with Crippen LogP contribution in [0.5, 0.6) is 17.2 Å². The second kappa shape index (κ2) is 11.4. The number of benzene rings is 3. The molecule has 0 radical (unpaired) electrons. The summed E-state index contributed by atoms with van der Waals surface area (Å²) in [6.45, 7) is 2.72. The fourth-order valence-corrected chi connectivity index (χ4v) is 3.92. The van der Waals surface area contributed by atoms with Gasteiger partial charge in [0.1, 0.15) is 0 Å². The molecule has 0 unspecified atom stereocenters. The summed E-state index contributed by atoms with van der Waals surface area (Å²) in [7, 11) is 4.68. The molecule has 170 valence electrons. The summed E-state index contributed by atoms with van der Waals surface area (Å²) in [5.41, 5.74) is 3.75. The lowest BCUT2D eigenvalue weighted by Gasteiger charge is -2.23. The van der Waals surface area contributed by atoms with Crippen molar-refractivity contribution >= 4 is 21.8 Å².